The average molecular weight is 800 g/mol. The molecule has 6 aromatic rings. The minimum absolute atomic E-state index is 0.690. The summed E-state index contributed by atoms with van der Waals surface area (Å²) in [7, 11) is -2.08. The van der Waals surface area contributed by atoms with Crippen LogP contribution >= 0.6 is 8.53 Å². The number of fused-ring (bicyclic) bond motifs is 3. The number of anilines is 2. The van der Waals surface area contributed by atoms with Gasteiger partial charge in [0, 0.05) is 0 Å². The lowest BCUT2D eigenvalue weighted by Crippen LogP contribution is -2.53. The van der Waals surface area contributed by atoms with Crippen molar-refractivity contribution in [3.63, 3.8) is 0 Å². The highest BCUT2D eigenvalue weighted by Gasteiger charge is 2.68. The zero-order valence-corrected chi connectivity index (χ0v) is 36.8. The van der Waals surface area contributed by atoms with Crippen LogP contribution in [0.15, 0.2) is 121 Å². The van der Waals surface area contributed by atoms with Crippen LogP contribution in [0.25, 0.3) is 12.2 Å². The third-order valence-electron chi connectivity index (χ3n) is 11.9. The number of aryl methyl sites for hydroxylation is 8. The fourth-order valence-corrected chi connectivity index (χ4v) is 11.9. The molecule has 0 bridgehead atoms. The van der Waals surface area contributed by atoms with Crippen LogP contribution in [0.3, 0.4) is 0 Å². The van der Waals surface area contributed by atoms with Gasteiger partial charge in [-0.3, -0.25) is 13.7 Å². The number of nitrogens with zero attached hydrogens (tertiary/aromatic N) is 1. The van der Waals surface area contributed by atoms with E-state index in [0.717, 1.165) is 89.3 Å². The molecule has 6 heteroatoms. The molecule has 0 radical (unpaired) electrons. The fraction of sp³-hybridized carbons (Fsp3) is 0.283. The van der Waals surface area contributed by atoms with Gasteiger partial charge in [-0.15, -0.1) is 0 Å². The Morgan fingerprint density at radius 2 is 0.712 bits per heavy atom. The molecule has 6 aromatic carbocycles. The van der Waals surface area contributed by atoms with Crippen molar-refractivity contribution in [1.29, 1.82) is 0 Å². The van der Waals surface area contributed by atoms with Gasteiger partial charge in [-0.25, -0.2) is 0 Å². The highest BCUT2D eigenvalue weighted by molar-refractivity contribution is 7.49. The molecule has 0 amide bonds. The standard InChI is InChI=1S/C53H54NO4P/c1-33-21-34(2)26-43(25-33)52(44-27-35(3)22-36(4)28-44)49-50(56-51(9,10)55-49)53(45-29-37(5)23-38(6)30-45,46-31-39(7)24-40(8)32-46)58-59(57-52)54-47-17-13-11-15-41(47)19-20-42-16-12-14-18-48(42)54/h11-32,49-50H,1-10H3/t49-,50-/m1/s1. The van der Waals surface area contributed by atoms with Crippen LogP contribution in [-0.4, -0.2) is 18.0 Å². The Kier molecular flexibility index (Phi) is 9.86. The first-order valence-corrected chi connectivity index (χ1v) is 21.8. The van der Waals surface area contributed by atoms with E-state index in [1.54, 1.807) is 0 Å². The highest BCUT2D eigenvalue weighted by Crippen LogP contribution is 2.68. The molecule has 0 N–H and O–H groups in total. The van der Waals surface area contributed by atoms with Crippen molar-refractivity contribution in [2.75, 3.05) is 4.67 Å². The van der Waals surface area contributed by atoms with E-state index in [1.165, 1.54) is 0 Å². The average Bonchev–Trinajstić information content (AvgIpc) is 3.32. The first kappa shape index (κ1) is 39.6. The lowest BCUT2D eigenvalue weighted by Gasteiger charge is -2.43. The monoisotopic (exact) mass is 799 g/mol. The molecule has 2 fully saturated rings. The Bertz CT molecular complexity index is 2280. The number of hydrogen-bond donors (Lipinski definition) is 0. The van der Waals surface area contributed by atoms with Gasteiger partial charge in [-0.1, -0.05) is 166 Å². The molecule has 9 rings (SSSR count). The topological polar surface area (TPSA) is 40.2 Å². The van der Waals surface area contributed by atoms with E-state index in [1.807, 2.05) is 13.8 Å². The van der Waals surface area contributed by atoms with Gasteiger partial charge in [-0.2, -0.15) is 0 Å². The predicted molar refractivity (Wildman–Crippen MR) is 242 cm³/mol. The molecule has 2 saturated heterocycles. The van der Waals surface area contributed by atoms with Gasteiger partial charge >= 0.3 is 0 Å². The van der Waals surface area contributed by atoms with Crippen molar-refractivity contribution in [2.45, 2.75) is 98.4 Å². The quantitative estimate of drug-likeness (QED) is 0.162. The third-order valence-corrected chi connectivity index (χ3v) is 13.5. The van der Waals surface area contributed by atoms with Gasteiger partial charge < -0.3 is 9.47 Å². The van der Waals surface area contributed by atoms with E-state index in [9.17, 15) is 0 Å². The molecule has 3 aliphatic heterocycles. The van der Waals surface area contributed by atoms with Gasteiger partial charge in [0.25, 0.3) is 8.53 Å². The number of para-hydroxylation sites is 2. The van der Waals surface area contributed by atoms with Crippen LogP contribution < -0.4 is 4.67 Å². The summed E-state index contributed by atoms with van der Waals surface area (Å²) in [5.74, 6) is -1.00. The summed E-state index contributed by atoms with van der Waals surface area (Å²) in [5, 5.41) is 0. The fourth-order valence-electron chi connectivity index (χ4n) is 9.89. The van der Waals surface area contributed by atoms with Crippen molar-refractivity contribution >= 4 is 32.1 Å². The Hall–Kier alpha value is -4.87. The molecular formula is C53H54NO4P. The van der Waals surface area contributed by atoms with Crippen LogP contribution in [0.5, 0.6) is 0 Å². The summed E-state index contributed by atoms with van der Waals surface area (Å²) < 4.78 is 33.8. The molecule has 0 saturated carbocycles. The molecule has 0 aliphatic carbocycles. The summed E-state index contributed by atoms with van der Waals surface area (Å²) in [5.41, 5.74) is 14.8. The van der Waals surface area contributed by atoms with E-state index in [-0.39, 0.29) is 0 Å². The SMILES string of the molecule is Cc1cc(C)cc(C2(c3cc(C)cc(C)c3)OP(N3c4ccccc4C=Cc4ccccc43)OC(c3cc(C)cc(C)c3)(c3cc(C)cc(C)c3)[C@@H]3OC(C)(C)O[C@H]32)c1. The van der Waals surface area contributed by atoms with E-state index in [4.69, 9.17) is 18.5 Å². The number of hydrogen-bond acceptors (Lipinski definition) is 5. The second-order valence-electron chi connectivity index (χ2n) is 17.6. The summed E-state index contributed by atoms with van der Waals surface area (Å²) in [6.07, 6.45) is 3.02. The maximum Gasteiger partial charge on any atom is 0.297 e. The first-order chi connectivity index (χ1) is 28.1. The van der Waals surface area contributed by atoms with Crippen molar-refractivity contribution in [1.82, 2.24) is 0 Å². The van der Waals surface area contributed by atoms with Crippen LogP contribution in [0.4, 0.5) is 11.4 Å². The van der Waals surface area contributed by atoms with Crippen molar-refractivity contribution in [3.8, 4) is 0 Å². The molecule has 3 heterocycles. The summed E-state index contributed by atoms with van der Waals surface area (Å²) in [6, 6.07) is 44.2. The number of benzene rings is 6. The molecule has 3 aliphatic rings. The smallest absolute Gasteiger partial charge is 0.297 e. The van der Waals surface area contributed by atoms with E-state index in [2.05, 4.69) is 194 Å². The predicted octanol–water partition coefficient (Wildman–Crippen LogP) is 13.5. The van der Waals surface area contributed by atoms with E-state index < -0.39 is 37.7 Å². The van der Waals surface area contributed by atoms with Gasteiger partial charge in [0.15, 0.2) is 17.0 Å². The highest BCUT2D eigenvalue weighted by atomic mass is 31.2. The van der Waals surface area contributed by atoms with Crippen LogP contribution in [0, 0.1) is 55.4 Å². The zero-order valence-electron chi connectivity index (χ0n) is 35.9. The van der Waals surface area contributed by atoms with Gasteiger partial charge in [-0.05, 0) is 115 Å². The normalized spacial score (nSPS) is 20.3. The Labute approximate surface area is 351 Å². The number of ether oxygens (including phenoxy) is 2. The van der Waals surface area contributed by atoms with Crippen molar-refractivity contribution in [2.24, 2.45) is 0 Å². The molecular weight excluding hydrogens is 746 g/mol. The lowest BCUT2D eigenvalue weighted by atomic mass is 9.70. The lowest BCUT2D eigenvalue weighted by molar-refractivity contribution is -0.174. The van der Waals surface area contributed by atoms with E-state index in [0.29, 0.717) is 0 Å². The summed E-state index contributed by atoms with van der Waals surface area (Å²) in [6.45, 7) is 21.4. The third kappa shape index (κ3) is 6.88. The van der Waals surface area contributed by atoms with Crippen LogP contribution in [0.1, 0.15) is 91.7 Å². The molecule has 5 nitrogen and oxygen atoms in total. The molecule has 0 unspecified atom stereocenters. The number of rotatable bonds is 5. The minimum atomic E-state index is -2.08. The van der Waals surface area contributed by atoms with Gasteiger partial charge in [0.2, 0.25) is 0 Å². The Morgan fingerprint density at radius 3 is 1.02 bits per heavy atom. The van der Waals surface area contributed by atoms with E-state index >= 15 is 0 Å². The maximum atomic E-state index is 8.26. The summed E-state index contributed by atoms with van der Waals surface area (Å²) >= 11 is 0. The van der Waals surface area contributed by atoms with Crippen molar-refractivity contribution in [3.05, 3.63) is 199 Å². The second-order valence-corrected chi connectivity index (χ2v) is 18.9. The zero-order chi connectivity index (χ0) is 41.4. The van der Waals surface area contributed by atoms with Crippen LogP contribution in [-0.2, 0) is 29.7 Å². The Balaban J connectivity index is 1.48. The molecule has 300 valence electrons. The first-order valence-electron chi connectivity index (χ1n) is 20.7. The second kappa shape index (κ2) is 14.7. The maximum absolute atomic E-state index is 8.26. The van der Waals surface area contributed by atoms with Crippen LogP contribution in [0.2, 0.25) is 0 Å². The molecule has 0 spiro atoms. The van der Waals surface area contributed by atoms with Gasteiger partial charge in [0.1, 0.15) is 12.2 Å². The van der Waals surface area contributed by atoms with Crippen molar-refractivity contribution < 1.29 is 18.5 Å². The molecule has 2 atom stereocenters. The molecule has 59 heavy (non-hydrogen) atoms. The largest absolute Gasteiger partial charge is 0.341 e. The minimum Gasteiger partial charge on any atom is -0.341 e. The summed E-state index contributed by atoms with van der Waals surface area (Å²) in [4.78, 5) is 0. The van der Waals surface area contributed by atoms with Gasteiger partial charge in [0.05, 0.1) is 11.4 Å². The molecule has 0 aromatic heterocycles. The Morgan fingerprint density at radius 1 is 0.424 bits per heavy atom.